The van der Waals surface area contributed by atoms with Gasteiger partial charge in [-0.2, -0.15) is 0 Å². The monoisotopic (exact) mass is 367 g/mol. The highest BCUT2D eigenvalue weighted by Crippen LogP contribution is 2.26. The number of anilines is 3. The molecule has 1 aromatic carbocycles. The van der Waals surface area contributed by atoms with Crippen LogP contribution in [0.3, 0.4) is 0 Å². The summed E-state index contributed by atoms with van der Waals surface area (Å²) in [6.45, 7) is 4.74. The maximum Gasteiger partial charge on any atom is 0.136 e. The Hall–Kier alpha value is -2.66. The summed E-state index contributed by atoms with van der Waals surface area (Å²) < 4.78 is 0. The van der Waals surface area contributed by atoms with Crippen molar-refractivity contribution in [3.05, 3.63) is 70.8 Å². The zero-order chi connectivity index (χ0) is 18.5. The van der Waals surface area contributed by atoms with Crippen LogP contribution in [0.25, 0.3) is 0 Å². The Balaban J connectivity index is 1.75. The molecule has 134 valence electrons. The lowest BCUT2D eigenvalue weighted by atomic mass is 10.2. The van der Waals surface area contributed by atoms with Gasteiger partial charge in [-0.05, 0) is 55.7 Å². The topological polar surface area (TPSA) is 53.9 Å². The van der Waals surface area contributed by atoms with Crippen LogP contribution in [-0.2, 0) is 6.42 Å². The highest BCUT2D eigenvalue weighted by molar-refractivity contribution is 6.31. The molecule has 0 atom stereocenters. The lowest BCUT2D eigenvalue weighted by molar-refractivity contribution is 0.848. The van der Waals surface area contributed by atoms with E-state index < -0.39 is 0 Å². The lowest BCUT2D eigenvalue weighted by Crippen LogP contribution is -2.22. The molecule has 5 nitrogen and oxygen atoms in total. The quantitative estimate of drug-likeness (QED) is 0.691. The number of aryl methyl sites for hydroxylation is 1. The Morgan fingerprint density at radius 3 is 2.62 bits per heavy atom. The van der Waals surface area contributed by atoms with E-state index in [4.69, 9.17) is 11.6 Å². The summed E-state index contributed by atoms with van der Waals surface area (Å²) in [7, 11) is 2.04. The van der Waals surface area contributed by atoms with Gasteiger partial charge in [-0.1, -0.05) is 17.7 Å². The van der Waals surface area contributed by atoms with Crippen molar-refractivity contribution in [3.8, 4) is 0 Å². The van der Waals surface area contributed by atoms with Gasteiger partial charge in [-0.15, -0.1) is 0 Å². The fraction of sp³-hybridized carbons (Fsp3) is 0.250. The number of hydrogen-bond acceptors (Lipinski definition) is 5. The Bertz CT molecular complexity index is 883. The van der Waals surface area contributed by atoms with Crippen LogP contribution in [0.5, 0.6) is 0 Å². The number of benzene rings is 1. The zero-order valence-electron chi connectivity index (χ0n) is 15.2. The first-order valence-electron chi connectivity index (χ1n) is 8.51. The maximum atomic E-state index is 6.21. The van der Waals surface area contributed by atoms with Crippen LogP contribution in [0.4, 0.5) is 17.3 Å². The number of nitrogens with one attached hydrogen (secondary N) is 1. The summed E-state index contributed by atoms with van der Waals surface area (Å²) in [6.07, 6.45) is 4.57. The number of pyridine rings is 1. The van der Waals surface area contributed by atoms with Gasteiger partial charge in [0.05, 0.1) is 0 Å². The standard InChI is InChI=1S/C20H22ClN5/c1-14-17(21)5-4-6-18(14)25-19-13-20(24-15(2)23-19)26(3)12-9-16-7-10-22-11-8-16/h4-8,10-11,13H,9,12H2,1-3H3,(H,23,24,25). The number of halogens is 1. The molecule has 0 aliphatic heterocycles. The summed E-state index contributed by atoms with van der Waals surface area (Å²) in [4.78, 5) is 15.2. The van der Waals surface area contributed by atoms with Gasteiger partial charge < -0.3 is 10.2 Å². The average Bonchev–Trinajstić information content (AvgIpc) is 2.64. The van der Waals surface area contributed by atoms with Crippen molar-refractivity contribution in [1.29, 1.82) is 0 Å². The molecule has 0 fully saturated rings. The van der Waals surface area contributed by atoms with E-state index in [1.807, 2.05) is 69.7 Å². The van der Waals surface area contributed by atoms with Crippen LogP contribution >= 0.6 is 11.6 Å². The molecule has 26 heavy (non-hydrogen) atoms. The van der Waals surface area contributed by atoms with Crippen molar-refractivity contribution in [2.75, 3.05) is 23.8 Å². The average molecular weight is 368 g/mol. The molecule has 1 N–H and O–H groups in total. The third-order valence-electron chi connectivity index (χ3n) is 4.23. The summed E-state index contributed by atoms with van der Waals surface area (Å²) in [5.41, 5.74) is 3.20. The SMILES string of the molecule is Cc1nc(Nc2cccc(Cl)c2C)cc(N(C)CCc2ccncc2)n1. The fourth-order valence-corrected chi connectivity index (χ4v) is 2.83. The minimum Gasteiger partial charge on any atom is -0.359 e. The largest absolute Gasteiger partial charge is 0.359 e. The number of aromatic nitrogens is 3. The first-order chi connectivity index (χ1) is 12.5. The predicted molar refractivity (Wildman–Crippen MR) is 107 cm³/mol. The van der Waals surface area contributed by atoms with Crippen molar-refractivity contribution in [1.82, 2.24) is 15.0 Å². The van der Waals surface area contributed by atoms with Crippen LogP contribution in [0, 0.1) is 13.8 Å². The zero-order valence-corrected chi connectivity index (χ0v) is 16.0. The molecular weight excluding hydrogens is 346 g/mol. The fourth-order valence-electron chi connectivity index (χ4n) is 2.65. The highest BCUT2D eigenvalue weighted by atomic mass is 35.5. The van der Waals surface area contributed by atoms with Gasteiger partial charge >= 0.3 is 0 Å². The number of hydrogen-bond donors (Lipinski definition) is 1. The lowest BCUT2D eigenvalue weighted by Gasteiger charge is -2.20. The van der Waals surface area contributed by atoms with Crippen molar-refractivity contribution in [2.24, 2.45) is 0 Å². The van der Waals surface area contributed by atoms with Gasteiger partial charge in [0.2, 0.25) is 0 Å². The molecule has 3 rings (SSSR count). The molecule has 2 heterocycles. The molecule has 2 aromatic heterocycles. The first kappa shape index (κ1) is 18.1. The molecule has 3 aromatic rings. The molecule has 0 saturated carbocycles. The smallest absolute Gasteiger partial charge is 0.136 e. The normalized spacial score (nSPS) is 10.6. The number of rotatable bonds is 6. The predicted octanol–water partition coefficient (Wildman–Crippen LogP) is 4.56. The second-order valence-electron chi connectivity index (χ2n) is 6.22. The molecule has 0 aliphatic carbocycles. The van der Waals surface area contributed by atoms with Crippen LogP contribution < -0.4 is 10.2 Å². The maximum absolute atomic E-state index is 6.21. The Morgan fingerprint density at radius 1 is 1.08 bits per heavy atom. The molecule has 0 spiro atoms. The van der Waals surface area contributed by atoms with Gasteiger partial charge in [0.25, 0.3) is 0 Å². The van der Waals surface area contributed by atoms with Crippen molar-refractivity contribution >= 4 is 28.9 Å². The molecule has 0 aliphatic rings. The van der Waals surface area contributed by atoms with Crippen LogP contribution in [0.1, 0.15) is 17.0 Å². The van der Waals surface area contributed by atoms with Crippen molar-refractivity contribution < 1.29 is 0 Å². The molecule has 0 amide bonds. The molecule has 0 saturated heterocycles. The van der Waals surface area contributed by atoms with Gasteiger partial charge in [0, 0.05) is 42.8 Å². The first-order valence-corrected chi connectivity index (χ1v) is 8.88. The summed E-state index contributed by atoms with van der Waals surface area (Å²) >= 11 is 6.21. The van der Waals surface area contributed by atoms with Crippen molar-refractivity contribution in [3.63, 3.8) is 0 Å². The third-order valence-corrected chi connectivity index (χ3v) is 4.64. The van der Waals surface area contributed by atoms with E-state index >= 15 is 0 Å². The third kappa shape index (κ3) is 4.49. The minimum atomic E-state index is 0.723. The van der Waals surface area contributed by atoms with Crippen LogP contribution in [0.15, 0.2) is 48.8 Å². The van der Waals surface area contributed by atoms with Crippen LogP contribution in [-0.4, -0.2) is 28.5 Å². The second-order valence-corrected chi connectivity index (χ2v) is 6.63. The van der Waals surface area contributed by atoms with E-state index in [0.29, 0.717) is 0 Å². The van der Waals surface area contributed by atoms with Gasteiger partial charge in [-0.3, -0.25) is 4.98 Å². The molecular formula is C20H22ClN5. The molecule has 6 heteroatoms. The van der Waals surface area contributed by atoms with E-state index in [1.165, 1.54) is 5.56 Å². The van der Waals surface area contributed by atoms with Crippen LogP contribution in [0.2, 0.25) is 5.02 Å². The summed E-state index contributed by atoms with van der Waals surface area (Å²) in [5, 5.41) is 4.08. The minimum absolute atomic E-state index is 0.723. The molecule has 0 unspecified atom stereocenters. The number of likely N-dealkylation sites (N-methyl/N-ethyl adjacent to an activating group) is 1. The Kier molecular flexibility index (Phi) is 5.68. The van der Waals surface area contributed by atoms with E-state index in [-0.39, 0.29) is 0 Å². The van der Waals surface area contributed by atoms with Gasteiger partial charge in [0.1, 0.15) is 17.5 Å². The molecule has 0 radical (unpaired) electrons. The highest BCUT2D eigenvalue weighted by Gasteiger charge is 2.09. The van der Waals surface area contributed by atoms with E-state index in [0.717, 1.165) is 46.7 Å². The van der Waals surface area contributed by atoms with Gasteiger partial charge in [-0.25, -0.2) is 9.97 Å². The Labute approximate surface area is 159 Å². The molecule has 0 bridgehead atoms. The van der Waals surface area contributed by atoms with E-state index in [1.54, 1.807) is 0 Å². The second kappa shape index (κ2) is 8.15. The van der Waals surface area contributed by atoms with E-state index in [9.17, 15) is 0 Å². The van der Waals surface area contributed by atoms with Gasteiger partial charge in [0.15, 0.2) is 0 Å². The summed E-state index contributed by atoms with van der Waals surface area (Å²) in [6, 6.07) is 11.8. The number of nitrogens with zero attached hydrogens (tertiary/aromatic N) is 4. The van der Waals surface area contributed by atoms with Crippen molar-refractivity contribution in [2.45, 2.75) is 20.3 Å². The Morgan fingerprint density at radius 2 is 1.85 bits per heavy atom. The van der Waals surface area contributed by atoms with E-state index in [2.05, 4.69) is 25.2 Å². The summed E-state index contributed by atoms with van der Waals surface area (Å²) in [5.74, 6) is 2.36.